The number of ether oxygens (including phenoxy) is 1. The van der Waals surface area contributed by atoms with Crippen LogP contribution in [0.2, 0.25) is 0 Å². The van der Waals surface area contributed by atoms with Gasteiger partial charge >= 0.3 is 0 Å². The van der Waals surface area contributed by atoms with Crippen LogP contribution in [-0.4, -0.2) is 36.8 Å². The fourth-order valence-electron chi connectivity index (χ4n) is 4.60. The first-order chi connectivity index (χ1) is 15.8. The van der Waals surface area contributed by atoms with Crippen LogP contribution in [0.5, 0.6) is 0 Å². The van der Waals surface area contributed by atoms with Gasteiger partial charge in [0.2, 0.25) is 5.91 Å². The molecule has 33 heavy (non-hydrogen) atoms. The number of hydroxylamine groups is 3. The third kappa shape index (κ3) is 6.64. The number of rotatable bonds is 9. The second kappa shape index (κ2) is 11.4. The summed E-state index contributed by atoms with van der Waals surface area (Å²) in [6, 6.07) is 19.8. The molecule has 4 atom stereocenters. The Hall–Kier alpha value is -2.72. The second-order valence-electron chi connectivity index (χ2n) is 9.50. The average Bonchev–Trinajstić information content (AvgIpc) is 2.80. The Morgan fingerprint density at radius 1 is 1.15 bits per heavy atom. The zero-order chi connectivity index (χ0) is 23.8. The molecule has 0 saturated carbocycles. The van der Waals surface area contributed by atoms with Gasteiger partial charge in [0.1, 0.15) is 24.8 Å². The van der Waals surface area contributed by atoms with Crippen molar-refractivity contribution in [3.8, 4) is 6.07 Å². The van der Waals surface area contributed by atoms with Gasteiger partial charge in [0.25, 0.3) is 0 Å². The molecule has 2 aromatic rings. The highest BCUT2D eigenvalue weighted by molar-refractivity contribution is 5.81. The molecule has 1 fully saturated rings. The van der Waals surface area contributed by atoms with E-state index < -0.39 is 12.2 Å². The number of nitriles is 1. The smallest absolute Gasteiger partial charge is 0.250 e. The summed E-state index contributed by atoms with van der Waals surface area (Å²) in [6.45, 7) is 4.69. The summed E-state index contributed by atoms with van der Waals surface area (Å²) < 4.78 is 6.20. The minimum atomic E-state index is -0.678. The number of hydrogen-bond acceptors (Lipinski definition) is 4. The molecule has 1 amide bonds. The molecule has 2 aromatic carbocycles. The molecule has 1 aliphatic rings. The van der Waals surface area contributed by atoms with Gasteiger partial charge in [0.05, 0.1) is 19.7 Å². The summed E-state index contributed by atoms with van der Waals surface area (Å²) in [4.78, 5) is 12.7. The van der Waals surface area contributed by atoms with E-state index in [1.165, 1.54) is 0 Å². The molecular weight excluding hydrogens is 414 g/mol. The third-order valence-electron chi connectivity index (χ3n) is 6.34. The van der Waals surface area contributed by atoms with Crippen molar-refractivity contribution < 1.29 is 14.2 Å². The molecule has 0 aromatic heterocycles. The van der Waals surface area contributed by atoms with Crippen LogP contribution in [-0.2, 0) is 9.53 Å². The third-order valence-corrected chi connectivity index (χ3v) is 6.34. The maximum Gasteiger partial charge on any atom is 0.250 e. The number of piperidine rings is 1. The molecular formula is C27H35N3O3. The van der Waals surface area contributed by atoms with Crippen LogP contribution < -0.4 is 5.32 Å². The lowest BCUT2D eigenvalue weighted by atomic mass is 9.93. The maximum absolute atomic E-state index is 12.9. The van der Waals surface area contributed by atoms with Crippen molar-refractivity contribution in [3.63, 3.8) is 0 Å². The first kappa shape index (κ1) is 24.9. The molecule has 0 aliphatic carbocycles. The average molecular weight is 450 g/mol. The highest BCUT2D eigenvalue weighted by atomic mass is 16.5. The number of benzene rings is 2. The first-order valence-electron chi connectivity index (χ1n) is 11.8. The summed E-state index contributed by atoms with van der Waals surface area (Å²) in [7, 11) is 1.77. The van der Waals surface area contributed by atoms with E-state index in [4.69, 9.17) is 10.00 Å². The molecule has 6 nitrogen and oxygen atoms in total. The highest BCUT2D eigenvalue weighted by Gasteiger charge is 2.31. The van der Waals surface area contributed by atoms with E-state index in [1.807, 2.05) is 74.5 Å². The van der Waals surface area contributed by atoms with E-state index in [0.717, 1.165) is 36.0 Å². The van der Waals surface area contributed by atoms with Gasteiger partial charge in [-0.2, -0.15) is 5.26 Å². The molecule has 0 radical (unpaired) electrons. The van der Waals surface area contributed by atoms with Gasteiger partial charge in [-0.3, -0.25) is 4.79 Å². The number of likely N-dealkylation sites (tertiary alicyclic amines) is 1. The Kier molecular flexibility index (Phi) is 8.62. The molecule has 1 N–H and O–H groups in total. The van der Waals surface area contributed by atoms with Crippen LogP contribution in [0.25, 0.3) is 0 Å². The first-order valence-corrected chi connectivity index (χ1v) is 11.8. The van der Waals surface area contributed by atoms with Crippen molar-refractivity contribution in [1.82, 2.24) is 5.32 Å². The van der Waals surface area contributed by atoms with E-state index in [1.54, 1.807) is 7.05 Å². The minimum absolute atomic E-state index is 0.0465. The lowest BCUT2D eigenvalue weighted by Gasteiger charge is -2.48. The number of hydrogen-bond donors (Lipinski definition) is 1. The van der Waals surface area contributed by atoms with Crippen molar-refractivity contribution in [3.05, 3.63) is 76.5 Å². The zero-order valence-electron chi connectivity index (χ0n) is 19.9. The SMILES string of the molecule is CC(C)C[C@H](OC(c1ccccc1)c1ccc(C2CCCC[N@@+]2(C)[O-])cc1)C(=O)NCC#N. The molecule has 1 saturated heterocycles. The fourth-order valence-corrected chi connectivity index (χ4v) is 4.60. The number of nitrogens with one attached hydrogen (secondary N) is 1. The second-order valence-corrected chi connectivity index (χ2v) is 9.50. The molecule has 176 valence electrons. The van der Waals surface area contributed by atoms with Crippen molar-refractivity contribution >= 4 is 5.91 Å². The summed E-state index contributed by atoms with van der Waals surface area (Å²) in [5.74, 6) is -0.0233. The van der Waals surface area contributed by atoms with E-state index >= 15 is 0 Å². The quantitative estimate of drug-likeness (QED) is 0.331. The summed E-state index contributed by atoms with van der Waals surface area (Å²) in [5, 5.41) is 24.5. The van der Waals surface area contributed by atoms with Crippen LogP contribution in [0, 0.1) is 22.5 Å². The van der Waals surface area contributed by atoms with Gasteiger partial charge in [-0.05, 0) is 36.3 Å². The van der Waals surface area contributed by atoms with Crippen molar-refractivity contribution in [2.45, 2.75) is 57.8 Å². The monoisotopic (exact) mass is 449 g/mol. The van der Waals surface area contributed by atoms with Gasteiger partial charge < -0.3 is 19.9 Å². The van der Waals surface area contributed by atoms with Crippen molar-refractivity contribution in [2.24, 2.45) is 5.92 Å². The maximum atomic E-state index is 12.9. The lowest BCUT2D eigenvalue weighted by molar-refractivity contribution is -0.898. The Balaban J connectivity index is 1.89. The molecule has 0 spiro atoms. The molecule has 6 heteroatoms. The van der Waals surface area contributed by atoms with E-state index in [9.17, 15) is 10.0 Å². The highest BCUT2D eigenvalue weighted by Crippen LogP contribution is 2.36. The van der Waals surface area contributed by atoms with Gasteiger partial charge in [-0.1, -0.05) is 68.4 Å². The predicted molar refractivity (Wildman–Crippen MR) is 129 cm³/mol. The van der Waals surface area contributed by atoms with Gasteiger partial charge in [0.15, 0.2) is 0 Å². The van der Waals surface area contributed by atoms with Crippen LogP contribution in [0.3, 0.4) is 0 Å². The number of nitrogens with zero attached hydrogens (tertiary/aromatic N) is 2. The molecule has 0 bridgehead atoms. The molecule has 1 aliphatic heterocycles. The number of carbonyl (C=O) groups is 1. The molecule has 3 rings (SSSR count). The standard InChI is InChI=1S/C27H35N3O3/c1-20(2)19-25(27(31)29-17-16-28)33-26(22-9-5-4-6-10-22)23-14-12-21(13-15-23)24-11-7-8-18-30(24,3)32/h4-6,9-10,12-15,20,24-26H,7-8,11,17-19H2,1-3H3,(H,29,31)/t24?,25-,26?,30+/m0/s1. The van der Waals surface area contributed by atoms with Crippen LogP contribution in [0.4, 0.5) is 0 Å². The van der Waals surface area contributed by atoms with Gasteiger partial charge in [0, 0.05) is 12.0 Å². The van der Waals surface area contributed by atoms with Gasteiger partial charge in [-0.25, -0.2) is 0 Å². The molecule has 2 unspecified atom stereocenters. The Labute approximate surface area is 197 Å². The summed E-state index contributed by atoms with van der Waals surface area (Å²) >= 11 is 0. The summed E-state index contributed by atoms with van der Waals surface area (Å²) in [5.41, 5.74) is 2.94. The Bertz CT molecular complexity index is 935. The Morgan fingerprint density at radius 2 is 1.82 bits per heavy atom. The van der Waals surface area contributed by atoms with E-state index in [-0.39, 0.29) is 29.1 Å². The predicted octanol–water partition coefficient (Wildman–Crippen LogP) is 5.02. The van der Waals surface area contributed by atoms with Crippen LogP contribution in [0.15, 0.2) is 54.6 Å². The van der Waals surface area contributed by atoms with Crippen LogP contribution in [0.1, 0.15) is 68.4 Å². The van der Waals surface area contributed by atoms with Crippen molar-refractivity contribution in [2.75, 3.05) is 20.1 Å². The number of amides is 1. The Morgan fingerprint density at radius 3 is 2.42 bits per heavy atom. The van der Waals surface area contributed by atoms with E-state index in [0.29, 0.717) is 13.0 Å². The zero-order valence-corrected chi connectivity index (χ0v) is 19.9. The number of quaternary nitrogens is 1. The van der Waals surface area contributed by atoms with E-state index in [2.05, 4.69) is 5.32 Å². The number of carbonyl (C=O) groups excluding carboxylic acids is 1. The summed E-state index contributed by atoms with van der Waals surface area (Å²) in [6.07, 6.45) is 2.39. The lowest BCUT2D eigenvalue weighted by Crippen LogP contribution is -2.44. The molecule has 1 heterocycles. The van der Waals surface area contributed by atoms with Crippen molar-refractivity contribution in [1.29, 1.82) is 5.26 Å². The normalized spacial score (nSPS) is 22.4. The largest absolute Gasteiger partial charge is 0.633 e. The minimum Gasteiger partial charge on any atom is -0.633 e. The topological polar surface area (TPSA) is 85.2 Å². The van der Waals surface area contributed by atoms with Crippen LogP contribution >= 0.6 is 0 Å². The fraction of sp³-hybridized carbons (Fsp3) is 0.481. The van der Waals surface area contributed by atoms with Gasteiger partial charge in [-0.15, -0.1) is 0 Å².